The van der Waals surface area contributed by atoms with Crippen LogP contribution in [-0.2, 0) is 11.0 Å². The molecule has 28 heavy (non-hydrogen) atoms. The summed E-state index contributed by atoms with van der Waals surface area (Å²) in [5.74, 6) is -0.584. The first-order valence-electron chi connectivity index (χ1n) is 7.92. The van der Waals surface area contributed by atoms with E-state index in [4.69, 9.17) is 0 Å². The average molecular weight is 419 g/mol. The number of alkyl halides is 3. The minimum absolute atomic E-state index is 0.118. The van der Waals surface area contributed by atoms with Crippen molar-refractivity contribution in [3.8, 4) is 16.6 Å². The van der Waals surface area contributed by atoms with Gasteiger partial charge in [-0.3, -0.25) is 4.79 Å². The van der Waals surface area contributed by atoms with Gasteiger partial charge >= 0.3 is 6.18 Å². The largest absolute Gasteiger partial charge is 0.417 e. The van der Waals surface area contributed by atoms with Crippen molar-refractivity contribution in [1.29, 1.82) is 5.26 Å². The Kier molecular flexibility index (Phi) is 6.02. The van der Waals surface area contributed by atoms with Gasteiger partial charge in [-0.25, -0.2) is 4.98 Å². The van der Waals surface area contributed by atoms with Crippen LogP contribution < -0.4 is 5.32 Å². The Hall–Kier alpha value is -2.83. The maximum Gasteiger partial charge on any atom is 0.417 e. The van der Waals surface area contributed by atoms with Crippen molar-refractivity contribution in [2.75, 3.05) is 11.1 Å². The first kappa shape index (κ1) is 19.9. The minimum atomic E-state index is -4.71. The van der Waals surface area contributed by atoms with E-state index in [0.29, 0.717) is 10.6 Å². The van der Waals surface area contributed by atoms with Gasteiger partial charge in [-0.1, -0.05) is 36.0 Å². The summed E-state index contributed by atoms with van der Waals surface area (Å²) in [4.78, 5) is 16.9. The van der Waals surface area contributed by atoms with E-state index in [1.807, 2.05) is 0 Å². The van der Waals surface area contributed by atoms with Crippen LogP contribution in [0.25, 0.3) is 10.6 Å². The number of carbonyl (C=O) groups is 1. The van der Waals surface area contributed by atoms with Crippen LogP contribution in [0, 0.1) is 11.3 Å². The molecule has 0 spiro atoms. The maximum absolute atomic E-state index is 13.5. The molecule has 0 radical (unpaired) electrons. The van der Waals surface area contributed by atoms with Crippen molar-refractivity contribution >= 4 is 34.7 Å². The molecule has 0 aliphatic rings. The molecule has 0 atom stereocenters. The highest BCUT2D eigenvalue weighted by atomic mass is 32.2. The number of halogens is 3. The first-order chi connectivity index (χ1) is 13.4. The third kappa shape index (κ3) is 4.71. The summed E-state index contributed by atoms with van der Waals surface area (Å²) >= 11 is 2.04. The second kappa shape index (κ2) is 8.46. The SMILES string of the molecule is N#Cc1c(C(F)(F)F)cc(-c2cccs2)nc1SCC(=O)Nc1ccccc1. The van der Waals surface area contributed by atoms with Crippen molar-refractivity contribution in [3.63, 3.8) is 0 Å². The molecule has 0 unspecified atom stereocenters. The molecule has 2 heterocycles. The molecular weight excluding hydrogens is 407 g/mol. The molecule has 1 N–H and O–H groups in total. The number of hydrogen-bond donors (Lipinski definition) is 1. The maximum atomic E-state index is 13.5. The van der Waals surface area contributed by atoms with Crippen LogP contribution in [0.15, 0.2) is 58.9 Å². The van der Waals surface area contributed by atoms with E-state index >= 15 is 0 Å². The van der Waals surface area contributed by atoms with Gasteiger partial charge < -0.3 is 5.32 Å². The molecule has 1 amide bonds. The van der Waals surface area contributed by atoms with E-state index in [9.17, 15) is 23.2 Å². The van der Waals surface area contributed by atoms with E-state index < -0.39 is 23.2 Å². The number of nitrogens with one attached hydrogen (secondary N) is 1. The highest BCUT2D eigenvalue weighted by molar-refractivity contribution is 8.00. The summed E-state index contributed by atoms with van der Waals surface area (Å²) in [6, 6.07) is 14.5. The molecule has 2 aromatic heterocycles. The summed E-state index contributed by atoms with van der Waals surface area (Å²) in [7, 11) is 0. The molecule has 1 aromatic carbocycles. The Morgan fingerprint density at radius 1 is 1.21 bits per heavy atom. The number of amides is 1. The minimum Gasteiger partial charge on any atom is -0.325 e. The molecule has 0 fully saturated rings. The molecule has 0 aliphatic heterocycles. The standard InChI is InChI=1S/C19H12F3N3OS2/c20-19(21,22)14-9-15(16-7-4-8-27-16)25-18(13(14)10-23)28-11-17(26)24-12-5-2-1-3-6-12/h1-9H,11H2,(H,24,26). The highest BCUT2D eigenvalue weighted by Gasteiger charge is 2.36. The van der Waals surface area contributed by atoms with Gasteiger partial charge in [0.1, 0.15) is 11.1 Å². The number of pyridine rings is 1. The van der Waals surface area contributed by atoms with Crippen LogP contribution in [0.1, 0.15) is 11.1 Å². The number of nitriles is 1. The lowest BCUT2D eigenvalue weighted by molar-refractivity contribution is -0.138. The summed E-state index contributed by atoms with van der Waals surface area (Å²) in [6.07, 6.45) is -4.71. The van der Waals surface area contributed by atoms with Crippen LogP contribution >= 0.6 is 23.1 Å². The van der Waals surface area contributed by atoms with E-state index in [2.05, 4.69) is 10.3 Å². The van der Waals surface area contributed by atoms with Crippen LogP contribution in [0.3, 0.4) is 0 Å². The number of aromatic nitrogens is 1. The Morgan fingerprint density at radius 2 is 1.96 bits per heavy atom. The fourth-order valence-corrected chi connectivity index (χ4v) is 3.85. The van der Waals surface area contributed by atoms with E-state index in [1.165, 1.54) is 11.3 Å². The van der Waals surface area contributed by atoms with Gasteiger partial charge in [0, 0.05) is 5.69 Å². The lowest BCUT2D eigenvalue weighted by Gasteiger charge is -2.13. The van der Waals surface area contributed by atoms with Gasteiger partial charge in [-0.2, -0.15) is 18.4 Å². The van der Waals surface area contributed by atoms with Crippen molar-refractivity contribution in [2.45, 2.75) is 11.2 Å². The average Bonchev–Trinajstić information content (AvgIpc) is 3.20. The Labute approximate surface area is 167 Å². The number of hydrogen-bond acceptors (Lipinski definition) is 5. The monoisotopic (exact) mass is 419 g/mol. The number of nitrogens with zero attached hydrogens (tertiary/aromatic N) is 2. The van der Waals surface area contributed by atoms with Crippen LogP contribution in [0.5, 0.6) is 0 Å². The fraction of sp³-hybridized carbons (Fsp3) is 0.105. The van der Waals surface area contributed by atoms with Gasteiger partial charge in [0.2, 0.25) is 5.91 Å². The van der Waals surface area contributed by atoms with E-state index in [0.717, 1.165) is 17.8 Å². The number of carbonyl (C=O) groups excluding carboxylic acids is 1. The summed E-state index contributed by atoms with van der Waals surface area (Å²) in [5, 5.41) is 13.5. The number of rotatable bonds is 5. The summed E-state index contributed by atoms with van der Waals surface area (Å²) in [6.45, 7) is 0. The molecule has 0 saturated carbocycles. The van der Waals surface area contributed by atoms with Crippen molar-refractivity contribution < 1.29 is 18.0 Å². The molecule has 9 heteroatoms. The third-order valence-electron chi connectivity index (χ3n) is 3.57. The summed E-state index contributed by atoms with van der Waals surface area (Å²) in [5.41, 5.74) is -0.943. The predicted molar refractivity (Wildman–Crippen MR) is 103 cm³/mol. The molecule has 0 saturated heterocycles. The predicted octanol–water partition coefficient (Wildman–Crippen LogP) is 5.43. The zero-order chi connectivity index (χ0) is 20.1. The second-order valence-corrected chi connectivity index (χ2v) is 7.44. The third-order valence-corrected chi connectivity index (χ3v) is 5.44. The molecule has 0 bridgehead atoms. The van der Waals surface area contributed by atoms with Gasteiger partial charge in [0.05, 0.1) is 27.5 Å². The van der Waals surface area contributed by atoms with Crippen LogP contribution in [0.4, 0.5) is 18.9 Å². The smallest absolute Gasteiger partial charge is 0.325 e. The molecule has 0 aliphatic carbocycles. The fourth-order valence-electron chi connectivity index (χ4n) is 2.36. The molecule has 142 valence electrons. The van der Waals surface area contributed by atoms with Crippen LogP contribution in [0.2, 0.25) is 0 Å². The normalized spacial score (nSPS) is 11.1. The molecular formula is C19H12F3N3OS2. The van der Waals surface area contributed by atoms with Crippen molar-refractivity contribution in [1.82, 2.24) is 4.98 Å². The Balaban J connectivity index is 1.89. The lowest BCUT2D eigenvalue weighted by Crippen LogP contribution is -2.15. The number of para-hydroxylation sites is 1. The van der Waals surface area contributed by atoms with Gasteiger partial charge in [0.15, 0.2) is 0 Å². The highest BCUT2D eigenvalue weighted by Crippen LogP contribution is 2.38. The molecule has 3 aromatic rings. The zero-order valence-electron chi connectivity index (χ0n) is 14.2. The van der Waals surface area contributed by atoms with E-state index in [-0.39, 0.29) is 16.5 Å². The van der Waals surface area contributed by atoms with Crippen LogP contribution in [-0.4, -0.2) is 16.6 Å². The summed E-state index contributed by atoms with van der Waals surface area (Å²) < 4.78 is 40.4. The second-order valence-electron chi connectivity index (χ2n) is 5.52. The zero-order valence-corrected chi connectivity index (χ0v) is 15.8. The van der Waals surface area contributed by atoms with Gasteiger partial charge in [-0.05, 0) is 29.6 Å². The number of anilines is 1. The molecule has 4 nitrogen and oxygen atoms in total. The number of thiophene rings is 1. The Morgan fingerprint density at radius 3 is 2.57 bits per heavy atom. The Bertz CT molecular complexity index is 1010. The number of thioether (sulfide) groups is 1. The van der Waals surface area contributed by atoms with Crippen molar-refractivity contribution in [2.24, 2.45) is 0 Å². The van der Waals surface area contributed by atoms with Crippen molar-refractivity contribution in [3.05, 3.63) is 65.0 Å². The topological polar surface area (TPSA) is 65.8 Å². The first-order valence-corrected chi connectivity index (χ1v) is 9.79. The quantitative estimate of drug-likeness (QED) is 0.560. The number of benzene rings is 1. The lowest BCUT2D eigenvalue weighted by atomic mass is 10.1. The van der Waals surface area contributed by atoms with Gasteiger partial charge in [0.25, 0.3) is 0 Å². The molecule has 3 rings (SSSR count). The van der Waals surface area contributed by atoms with E-state index in [1.54, 1.807) is 53.9 Å². The van der Waals surface area contributed by atoms with Gasteiger partial charge in [-0.15, -0.1) is 11.3 Å².